The summed E-state index contributed by atoms with van der Waals surface area (Å²) in [7, 11) is 2.19. The van der Waals surface area contributed by atoms with Gasteiger partial charge in [0, 0.05) is 26.2 Å². The molecule has 0 aromatic rings. The van der Waals surface area contributed by atoms with Gasteiger partial charge in [0.05, 0.1) is 12.7 Å². The normalized spacial score (nSPS) is 31.7. The van der Waals surface area contributed by atoms with E-state index < -0.39 is 0 Å². The highest BCUT2D eigenvalue weighted by atomic mass is 16.5. The topological polar surface area (TPSA) is 27.7 Å². The molecule has 18 heavy (non-hydrogen) atoms. The lowest BCUT2D eigenvalue weighted by atomic mass is 9.97. The molecule has 4 nitrogen and oxygen atoms in total. The van der Waals surface area contributed by atoms with Crippen LogP contribution in [0.5, 0.6) is 0 Å². The fourth-order valence-corrected chi connectivity index (χ4v) is 3.10. The second-order valence-corrected chi connectivity index (χ2v) is 5.83. The van der Waals surface area contributed by atoms with Crippen LogP contribution in [0.3, 0.4) is 0 Å². The van der Waals surface area contributed by atoms with E-state index in [1.165, 1.54) is 32.5 Å². The minimum absolute atomic E-state index is 0.418. The van der Waals surface area contributed by atoms with Gasteiger partial charge in [-0.3, -0.25) is 0 Å². The molecule has 2 atom stereocenters. The summed E-state index contributed by atoms with van der Waals surface area (Å²) in [6.45, 7) is 11.2. The molecular formula is C14H29N3O. The fourth-order valence-electron chi connectivity index (χ4n) is 3.10. The maximum Gasteiger partial charge on any atom is 0.0829 e. The van der Waals surface area contributed by atoms with E-state index in [9.17, 15) is 0 Å². The number of likely N-dealkylation sites (tertiary alicyclic amines) is 1. The third-order valence-corrected chi connectivity index (χ3v) is 4.09. The predicted octanol–water partition coefficient (Wildman–Crippen LogP) is 0.639. The second-order valence-electron chi connectivity index (χ2n) is 5.83. The van der Waals surface area contributed by atoms with Crippen LogP contribution in [-0.2, 0) is 4.74 Å². The van der Waals surface area contributed by atoms with Crippen molar-refractivity contribution in [1.29, 1.82) is 0 Å². The number of rotatable bonds is 5. The van der Waals surface area contributed by atoms with Crippen molar-refractivity contribution in [2.45, 2.75) is 25.9 Å². The van der Waals surface area contributed by atoms with Gasteiger partial charge >= 0.3 is 0 Å². The van der Waals surface area contributed by atoms with Gasteiger partial charge < -0.3 is 19.9 Å². The molecular weight excluding hydrogens is 226 g/mol. The second kappa shape index (κ2) is 7.43. The molecule has 2 heterocycles. The maximum atomic E-state index is 5.87. The van der Waals surface area contributed by atoms with E-state index in [2.05, 4.69) is 29.1 Å². The van der Waals surface area contributed by atoms with Gasteiger partial charge in [0.25, 0.3) is 0 Å². The zero-order valence-corrected chi connectivity index (χ0v) is 12.0. The van der Waals surface area contributed by atoms with Crippen molar-refractivity contribution in [2.24, 2.45) is 5.92 Å². The summed E-state index contributed by atoms with van der Waals surface area (Å²) in [6, 6.07) is 0. The van der Waals surface area contributed by atoms with E-state index in [0.29, 0.717) is 6.10 Å². The largest absolute Gasteiger partial charge is 0.374 e. The highest BCUT2D eigenvalue weighted by Gasteiger charge is 2.24. The first kappa shape index (κ1) is 14.3. The van der Waals surface area contributed by atoms with Crippen molar-refractivity contribution in [1.82, 2.24) is 15.1 Å². The first-order valence-corrected chi connectivity index (χ1v) is 7.51. The molecule has 0 spiro atoms. The molecule has 4 heteroatoms. The van der Waals surface area contributed by atoms with Gasteiger partial charge in [-0.05, 0) is 45.4 Å². The van der Waals surface area contributed by atoms with Crippen molar-refractivity contribution >= 4 is 0 Å². The smallest absolute Gasteiger partial charge is 0.0829 e. The van der Waals surface area contributed by atoms with Crippen molar-refractivity contribution < 1.29 is 4.74 Å². The Balaban J connectivity index is 1.71. The van der Waals surface area contributed by atoms with Crippen LogP contribution >= 0.6 is 0 Å². The lowest BCUT2D eigenvalue weighted by Gasteiger charge is -2.37. The molecule has 0 saturated carbocycles. The third kappa shape index (κ3) is 4.50. The van der Waals surface area contributed by atoms with Crippen molar-refractivity contribution in [2.75, 3.05) is 59.5 Å². The average molecular weight is 255 g/mol. The minimum Gasteiger partial charge on any atom is -0.374 e. The summed E-state index contributed by atoms with van der Waals surface area (Å²) < 4.78 is 5.87. The lowest BCUT2D eigenvalue weighted by Crippen LogP contribution is -2.49. The fraction of sp³-hybridized carbons (Fsp3) is 1.00. The zero-order chi connectivity index (χ0) is 12.8. The van der Waals surface area contributed by atoms with Crippen molar-refractivity contribution in [3.05, 3.63) is 0 Å². The molecule has 0 aromatic carbocycles. The summed E-state index contributed by atoms with van der Waals surface area (Å²) in [4.78, 5) is 4.99. The maximum absolute atomic E-state index is 5.87. The number of morpholine rings is 1. The van der Waals surface area contributed by atoms with Gasteiger partial charge in [0.2, 0.25) is 0 Å². The first-order chi connectivity index (χ1) is 8.78. The van der Waals surface area contributed by atoms with Gasteiger partial charge in [-0.2, -0.15) is 0 Å². The van der Waals surface area contributed by atoms with Crippen LogP contribution in [0.1, 0.15) is 19.8 Å². The zero-order valence-electron chi connectivity index (χ0n) is 12.0. The molecule has 106 valence electrons. The molecule has 1 N–H and O–H groups in total. The number of nitrogens with zero attached hydrogens (tertiary/aromatic N) is 2. The molecule has 0 bridgehead atoms. The summed E-state index contributed by atoms with van der Waals surface area (Å²) in [5.74, 6) is 0.833. The Kier molecular flexibility index (Phi) is 5.89. The van der Waals surface area contributed by atoms with Gasteiger partial charge in [0.15, 0.2) is 0 Å². The molecule has 0 aliphatic carbocycles. The molecule has 2 aliphatic heterocycles. The summed E-state index contributed by atoms with van der Waals surface area (Å²) in [5.41, 5.74) is 0. The van der Waals surface area contributed by atoms with Crippen molar-refractivity contribution in [3.8, 4) is 0 Å². The predicted molar refractivity (Wildman–Crippen MR) is 74.9 cm³/mol. The molecule has 0 aromatic heterocycles. The van der Waals surface area contributed by atoms with Crippen LogP contribution in [0.15, 0.2) is 0 Å². The highest BCUT2D eigenvalue weighted by Crippen LogP contribution is 2.17. The Morgan fingerprint density at radius 1 is 1.28 bits per heavy atom. The van der Waals surface area contributed by atoms with E-state index in [1.54, 1.807) is 0 Å². The average Bonchev–Trinajstić information content (AvgIpc) is 2.37. The Labute approximate surface area is 112 Å². The van der Waals surface area contributed by atoms with Gasteiger partial charge in [0.1, 0.15) is 0 Å². The molecule has 2 aliphatic rings. The van der Waals surface area contributed by atoms with E-state index in [4.69, 9.17) is 4.74 Å². The van der Waals surface area contributed by atoms with Crippen LogP contribution in [-0.4, -0.2) is 75.4 Å². The van der Waals surface area contributed by atoms with Crippen LogP contribution in [0, 0.1) is 5.92 Å². The summed E-state index contributed by atoms with van der Waals surface area (Å²) in [6.07, 6.45) is 3.15. The number of likely N-dealkylation sites (N-methyl/N-ethyl adjacent to an activating group) is 1. The minimum atomic E-state index is 0.418. The molecule has 0 amide bonds. The standard InChI is InChI=1S/C14H29N3O/c1-3-15-9-13-5-4-6-17(10-13)12-14-11-16(2)7-8-18-14/h13-15H,3-12H2,1-2H3. The number of hydrogen-bond acceptors (Lipinski definition) is 4. The molecule has 2 fully saturated rings. The van der Waals surface area contributed by atoms with Crippen LogP contribution < -0.4 is 5.32 Å². The monoisotopic (exact) mass is 255 g/mol. The third-order valence-electron chi connectivity index (χ3n) is 4.09. The molecule has 2 unspecified atom stereocenters. The van der Waals surface area contributed by atoms with Gasteiger partial charge in [-0.25, -0.2) is 0 Å². The van der Waals surface area contributed by atoms with Crippen LogP contribution in [0.25, 0.3) is 0 Å². The van der Waals surface area contributed by atoms with E-state index in [1.807, 2.05) is 0 Å². The Hall–Kier alpha value is -0.160. The van der Waals surface area contributed by atoms with Gasteiger partial charge in [-0.15, -0.1) is 0 Å². The highest BCUT2D eigenvalue weighted by molar-refractivity contribution is 4.79. The summed E-state index contributed by atoms with van der Waals surface area (Å²) >= 11 is 0. The van der Waals surface area contributed by atoms with Crippen LogP contribution in [0.4, 0.5) is 0 Å². The quantitative estimate of drug-likeness (QED) is 0.780. The lowest BCUT2D eigenvalue weighted by molar-refractivity contribution is -0.0403. The first-order valence-electron chi connectivity index (χ1n) is 7.51. The SMILES string of the molecule is CCNCC1CCCN(CC2CN(C)CCO2)C1. The van der Waals surface area contributed by atoms with E-state index >= 15 is 0 Å². The molecule has 0 radical (unpaired) electrons. The number of ether oxygens (including phenoxy) is 1. The molecule has 2 rings (SSSR count). The van der Waals surface area contributed by atoms with E-state index in [0.717, 1.165) is 38.7 Å². The summed E-state index contributed by atoms with van der Waals surface area (Å²) in [5, 5.41) is 3.48. The Morgan fingerprint density at radius 3 is 2.94 bits per heavy atom. The van der Waals surface area contributed by atoms with E-state index in [-0.39, 0.29) is 0 Å². The number of piperidine rings is 1. The Bertz CT molecular complexity index is 237. The number of nitrogens with one attached hydrogen (secondary N) is 1. The van der Waals surface area contributed by atoms with Gasteiger partial charge in [-0.1, -0.05) is 6.92 Å². The van der Waals surface area contributed by atoms with Crippen molar-refractivity contribution in [3.63, 3.8) is 0 Å². The molecule has 2 saturated heterocycles. The van der Waals surface area contributed by atoms with Crippen LogP contribution in [0.2, 0.25) is 0 Å². The Morgan fingerprint density at radius 2 is 2.17 bits per heavy atom. The number of hydrogen-bond donors (Lipinski definition) is 1.